The largest absolute Gasteiger partial charge is 0.367 e. The molecule has 2 N–H and O–H groups in total. The van der Waals surface area contributed by atoms with Crippen molar-refractivity contribution in [3.63, 3.8) is 0 Å². The van der Waals surface area contributed by atoms with Crippen molar-refractivity contribution >= 4 is 27.4 Å². The summed E-state index contributed by atoms with van der Waals surface area (Å²) in [6, 6.07) is 7.03. The summed E-state index contributed by atoms with van der Waals surface area (Å²) in [5.74, 6) is 1.44. The Balaban J connectivity index is 1.79. The van der Waals surface area contributed by atoms with E-state index in [9.17, 15) is 4.39 Å². The normalized spacial score (nSPS) is 15.8. The number of thiophene rings is 1. The SMILES string of the molecule is Cc1nc(NC2CCNCC2)c2c(-c3ccc(F)cc3)csc2n1. The fourth-order valence-electron chi connectivity index (χ4n) is 3.15. The van der Waals surface area contributed by atoms with Crippen molar-refractivity contribution in [2.45, 2.75) is 25.8 Å². The average molecular weight is 342 g/mol. The van der Waals surface area contributed by atoms with Crippen LogP contribution in [0.15, 0.2) is 29.6 Å². The molecule has 6 heteroatoms. The monoisotopic (exact) mass is 342 g/mol. The first-order valence-corrected chi connectivity index (χ1v) is 9.08. The van der Waals surface area contributed by atoms with Gasteiger partial charge in [0.15, 0.2) is 0 Å². The average Bonchev–Trinajstić information content (AvgIpc) is 3.00. The molecule has 0 atom stereocenters. The number of halogens is 1. The van der Waals surface area contributed by atoms with Gasteiger partial charge in [0.25, 0.3) is 0 Å². The van der Waals surface area contributed by atoms with Gasteiger partial charge in [0.1, 0.15) is 22.3 Å². The lowest BCUT2D eigenvalue weighted by atomic mass is 10.0. The Kier molecular flexibility index (Phi) is 4.16. The molecule has 3 heterocycles. The predicted molar refractivity (Wildman–Crippen MR) is 97.1 cm³/mol. The van der Waals surface area contributed by atoms with Gasteiger partial charge in [0.2, 0.25) is 0 Å². The van der Waals surface area contributed by atoms with Crippen LogP contribution in [0.4, 0.5) is 10.2 Å². The number of nitrogens with zero attached hydrogens (tertiary/aromatic N) is 2. The van der Waals surface area contributed by atoms with Gasteiger partial charge in [-0.1, -0.05) is 12.1 Å². The number of piperidine rings is 1. The quantitative estimate of drug-likeness (QED) is 0.756. The number of hydrogen-bond acceptors (Lipinski definition) is 5. The molecule has 0 radical (unpaired) electrons. The molecule has 0 unspecified atom stereocenters. The van der Waals surface area contributed by atoms with Crippen molar-refractivity contribution in [3.8, 4) is 11.1 Å². The number of benzene rings is 1. The minimum absolute atomic E-state index is 0.224. The lowest BCUT2D eigenvalue weighted by molar-refractivity contribution is 0.478. The number of aromatic nitrogens is 2. The van der Waals surface area contributed by atoms with Crippen LogP contribution in [0.2, 0.25) is 0 Å². The molecule has 1 aliphatic rings. The number of hydrogen-bond donors (Lipinski definition) is 2. The van der Waals surface area contributed by atoms with Crippen LogP contribution in [-0.4, -0.2) is 29.1 Å². The van der Waals surface area contributed by atoms with E-state index in [1.165, 1.54) is 12.1 Å². The molecule has 24 heavy (non-hydrogen) atoms. The number of rotatable bonds is 3. The second-order valence-electron chi connectivity index (χ2n) is 6.12. The molecule has 0 saturated carbocycles. The summed E-state index contributed by atoms with van der Waals surface area (Å²) in [5, 5.41) is 10.1. The standard InChI is InChI=1S/C18H19FN4S/c1-11-21-17(23-14-6-8-20-9-7-14)16-15(10-24-18(16)22-11)12-2-4-13(19)5-3-12/h2-5,10,14,20H,6-9H2,1H3,(H,21,22,23). The van der Waals surface area contributed by atoms with E-state index >= 15 is 0 Å². The fraction of sp³-hybridized carbons (Fsp3) is 0.333. The Bertz CT molecular complexity index is 853. The minimum atomic E-state index is -0.224. The molecule has 0 bridgehead atoms. The minimum Gasteiger partial charge on any atom is -0.367 e. The molecule has 0 amide bonds. The lowest BCUT2D eigenvalue weighted by Crippen LogP contribution is -2.35. The van der Waals surface area contributed by atoms with Crippen LogP contribution in [-0.2, 0) is 0 Å². The lowest BCUT2D eigenvalue weighted by Gasteiger charge is -2.24. The molecule has 2 aromatic heterocycles. The number of anilines is 1. The molecular weight excluding hydrogens is 323 g/mol. The second kappa shape index (κ2) is 6.45. The van der Waals surface area contributed by atoms with Crippen molar-refractivity contribution in [1.29, 1.82) is 0 Å². The van der Waals surface area contributed by atoms with E-state index in [2.05, 4.69) is 26.0 Å². The van der Waals surface area contributed by atoms with E-state index in [-0.39, 0.29) is 5.82 Å². The fourth-order valence-corrected chi connectivity index (χ4v) is 4.15. The van der Waals surface area contributed by atoms with Crippen LogP contribution in [0.3, 0.4) is 0 Å². The zero-order valence-corrected chi connectivity index (χ0v) is 14.3. The van der Waals surface area contributed by atoms with Gasteiger partial charge < -0.3 is 10.6 Å². The van der Waals surface area contributed by atoms with Gasteiger partial charge in [0.05, 0.1) is 5.39 Å². The summed E-state index contributed by atoms with van der Waals surface area (Å²) in [5.41, 5.74) is 2.05. The van der Waals surface area contributed by atoms with E-state index in [0.717, 1.165) is 58.9 Å². The first kappa shape index (κ1) is 15.5. The molecule has 0 aliphatic carbocycles. The smallest absolute Gasteiger partial charge is 0.139 e. The van der Waals surface area contributed by atoms with Crippen molar-refractivity contribution in [2.75, 3.05) is 18.4 Å². The third kappa shape index (κ3) is 2.99. The van der Waals surface area contributed by atoms with Gasteiger partial charge in [-0.3, -0.25) is 0 Å². The van der Waals surface area contributed by atoms with Gasteiger partial charge in [-0.05, 0) is 50.6 Å². The molecular formula is C18H19FN4S. The first-order chi connectivity index (χ1) is 11.7. The Morgan fingerprint density at radius 2 is 1.92 bits per heavy atom. The zero-order valence-electron chi connectivity index (χ0n) is 13.5. The van der Waals surface area contributed by atoms with Gasteiger partial charge in [0, 0.05) is 17.0 Å². The summed E-state index contributed by atoms with van der Waals surface area (Å²) in [6.07, 6.45) is 2.17. The highest BCUT2D eigenvalue weighted by Gasteiger charge is 2.18. The van der Waals surface area contributed by atoms with Crippen LogP contribution in [0.25, 0.3) is 21.3 Å². The van der Waals surface area contributed by atoms with Crippen molar-refractivity contribution in [1.82, 2.24) is 15.3 Å². The topological polar surface area (TPSA) is 49.8 Å². The Morgan fingerprint density at radius 3 is 2.67 bits per heavy atom. The molecule has 124 valence electrons. The molecule has 0 spiro atoms. The highest BCUT2D eigenvalue weighted by molar-refractivity contribution is 7.17. The Labute approximate surface area is 144 Å². The van der Waals surface area contributed by atoms with Crippen LogP contribution < -0.4 is 10.6 Å². The number of nitrogens with one attached hydrogen (secondary N) is 2. The second-order valence-corrected chi connectivity index (χ2v) is 6.98. The Morgan fingerprint density at radius 1 is 1.17 bits per heavy atom. The number of fused-ring (bicyclic) bond motifs is 1. The molecule has 4 rings (SSSR count). The molecule has 1 aromatic carbocycles. The maximum absolute atomic E-state index is 13.2. The molecule has 4 nitrogen and oxygen atoms in total. The van der Waals surface area contributed by atoms with Crippen LogP contribution in [0.5, 0.6) is 0 Å². The maximum Gasteiger partial charge on any atom is 0.139 e. The highest BCUT2D eigenvalue weighted by Crippen LogP contribution is 2.37. The maximum atomic E-state index is 13.2. The predicted octanol–water partition coefficient (Wildman–Crippen LogP) is 3.97. The summed E-state index contributed by atoms with van der Waals surface area (Å²) in [6.45, 7) is 3.98. The Hall–Kier alpha value is -2.05. The van der Waals surface area contributed by atoms with E-state index in [1.54, 1.807) is 11.3 Å². The summed E-state index contributed by atoms with van der Waals surface area (Å²) >= 11 is 1.61. The summed E-state index contributed by atoms with van der Waals surface area (Å²) in [4.78, 5) is 10.2. The van der Waals surface area contributed by atoms with Crippen LogP contribution in [0.1, 0.15) is 18.7 Å². The highest BCUT2D eigenvalue weighted by atomic mass is 32.1. The molecule has 1 aliphatic heterocycles. The van der Waals surface area contributed by atoms with Gasteiger partial charge >= 0.3 is 0 Å². The van der Waals surface area contributed by atoms with E-state index in [1.807, 2.05) is 19.1 Å². The van der Waals surface area contributed by atoms with Crippen LogP contribution in [0, 0.1) is 12.7 Å². The zero-order chi connectivity index (χ0) is 16.5. The first-order valence-electron chi connectivity index (χ1n) is 8.20. The number of aryl methyl sites for hydroxylation is 1. The van der Waals surface area contributed by atoms with Crippen molar-refractivity contribution < 1.29 is 4.39 Å². The molecule has 3 aromatic rings. The summed E-state index contributed by atoms with van der Waals surface area (Å²) in [7, 11) is 0. The van der Waals surface area contributed by atoms with Gasteiger partial charge in [-0.2, -0.15) is 0 Å². The molecule has 1 saturated heterocycles. The third-order valence-electron chi connectivity index (χ3n) is 4.38. The van der Waals surface area contributed by atoms with E-state index in [4.69, 9.17) is 0 Å². The molecule has 1 fully saturated rings. The third-order valence-corrected chi connectivity index (χ3v) is 5.25. The van der Waals surface area contributed by atoms with Crippen molar-refractivity contribution in [3.05, 3.63) is 41.3 Å². The van der Waals surface area contributed by atoms with Crippen molar-refractivity contribution in [2.24, 2.45) is 0 Å². The van der Waals surface area contributed by atoms with Gasteiger partial charge in [-0.25, -0.2) is 14.4 Å². The summed E-state index contributed by atoms with van der Waals surface area (Å²) < 4.78 is 13.2. The van der Waals surface area contributed by atoms with E-state index < -0.39 is 0 Å². The van der Waals surface area contributed by atoms with E-state index in [0.29, 0.717) is 6.04 Å². The van der Waals surface area contributed by atoms with Gasteiger partial charge in [-0.15, -0.1) is 11.3 Å². The van der Waals surface area contributed by atoms with Crippen LogP contribution >= 0.6 is 11.3 Å².